The molecule has 1 aliphatic heterocycles. The predicted molar refractivity (Wildman–Crippen MR) is 130 cm³/mol. The van der Waals surface area contributed by atoms with Crippen LogP contribution in [0.15, 0.2) is 85.1 Å². The third kappa shape index (κ3) is 4.05. The van der Waals surface area contributed by atoms with Gasteiger partial charge in [0, 0.05) is 45.9 Å². The number of rotatable bonds is 5. The maximum atomic E-state index is 13.1. The minimum absolute atomic E-state index is 0.0267. The van der Waals surface area contributed by atoms with Crippen molar-refractivity contribution >= 4 is 34.3 Å². The molecule has 3 aromatic carbocycles. The van der Waals surface area contributed by atoms with E-state index in [1.54, 1.807) is 6.20 Å². The van der Waals surface area contributed by atoms with Crippen LogP contribution in [0.1, 0.15) is 27.2 Å². The van der Waals surface area contributed by atoms with Crippen molar-refractivity contribution < 1.29 is 4.79 Å². The van der Waals surface area contributed by atoms with Gasteiger partial charge in [0.15, 0.2) is 0 Å². The molecular weight excluding hydrogens is 396 g/mol. The van der Waals surface area contributed by atoms with E-state index in [4.69, 9.17) is 0 Å². The van der Waals surface area contributed by atoms with E-state index in [0.717, 1.165) is 45.3 Å². The van der Waals surface area contributed by atoms with E-state index in [9.17, 15) is 4.79 Å². The van der Waals surface area contributed by atoms with Gasteiger partial charge < -0.3 is 15.5 Å². The van der Waals surface area contributed by atoms with Crippen molar-refractivity contribution in [2.24, 2.45) is 0 Å². The molecule has 5 nitrogen and oxygen atoms in total. The van der Waals surface area contributed by atoms with Gasteiger partial charge in [0.2, 0.25) is 0 Å². The first kappa shape index (κ1) is 19.8. The number of aryl methyl sites for hydroxylation is 2. The number of carbonyl (C=O) groups excluding carboxylic acids is 1. The third-order valence-corrected chi connectivity index (χ3v) is 5.59. The Morgan fingerprint density at radius 2 is 1.50 bits per heavy atom. The summed E-state index contributed by atoms with van der Waals surface area (Å²) in [7, 11) is 0. The van der Waals surface area contributed by atoms with Crippen LogP contribution in [0.25, 0.3) is 0 Å². The number of anilines is 5. The number of amides is 1. The molecule has 0 radical (unpaired) electrons. The van der Waals surface area contributed by atoms with Crippen LogP contribution < -0.4 is 15.5 Å². The maximum absolute atomic E-state index is 13.1. The molecule has 1 amide bonds. The highest BCUT2D eigenvalue weighted by atomic mass is 16.2. The van der Waals surface area contributed by atoms with Gasteiger partial charge in [-0.25, -0.2) is 0 Å². The molecule has 5 heteroatoms. The zero-order chi connectivity index (χ0) is 22.1. The minimum atomic E-state index is 0.0267. The molecule has 0 bridgehead atoms. The molecule has 0 aliphatic carbocycles. The fraction of sp³-hybridized carbons (Fsp3) is 0.111. The van der Waals surface area contributed by atoms with Gasteiger partial charge in [-0.3, -0.25) is 9.78 Å². The molecule has 5 rings (SSSR count). The molecular formula is C27H24N4O. The molecule has 0 unspecified atom stereocenters. The summed E-state index contributed by atoms with van der Waals surface area (Å²) in [6.07, 6.45) is 1.79. The van der Waals surface area contributed by atoms with Crippen molar-refractivity contribution in [1.82, 2.24) is 4.98 Å². The van der Waals surface area contributed by atoms with Crippen LogP contribution in [-0.4, -0.2) is 10.9 Å². The van der Waals surface area contributed by atoms with Crippen molar-refractivity contribution in [3.05, 3.63) is 107 Å². The van der Waals surface area contributed by atoms with Crippen LogP contribution in [-0.2, 0) is 6.54 Å². The molecule has 0 saturated heterocycles. The van der Waals surface area contributed by atoms with Crippen molar-refractivity contribution in [2.75, 3.05) is 15.5 Å². The SMILES string of the molecule is Cc1ccc(Nc2cccc(N3Cc4cc(Nc5ccnc(C)c5)ccc4C3=O)c2)cc1. The highest BCUT2D eigenvalue weighted by Crippen LogP contribution is 2.32. The van der Waals surface area contributed by atoms with Gasteiger partial charge in [-0.05, 0) is 80.1 Å². The second-order valence-electron chi connectivity index (χ2n) is 8.12. The first-order valence-corrected chi connectivity index (χ1v) is 10.6. The van der Waals surface area contributed by atoms with Crippen LogP contribution >= 0.6 is 0 Å². The Morgan fingerprint density at radius 3 is 2.31 bits per heavy atom. The van der Waals surface area contributed by atoms with Crippen LogP contribution in [0.3, 0.4) is 0 Å². The molecule has 2 heterocycles. The Balaban J connectivity index is 1.35. The van der Waals surface area contributed by atoms with Crippen molar-refractivity contribution in [3.63, 3.8) is 0 Å². The summed E-state index contributed by atoms with van der Waals surface area (Å²) in [6.45, 7) is 4.58. The summed E-state index contributed by atoms with van der Waals surface area (Å²) >= 11 is 0. The van der Waals surface area contributed by atoms with E-state index >= 15 is 0 Å². The normalized spacial score (nSPS) is 12.6. The number of pyridine rings is 1. The first-order chi connectivity index (χ1) is 15.5. The summed E-state index contributed by atoms with van der Waals surface area (Å²) in [6, 6.07) is 26.1. The first-order valence-electron chi connectivity index (χ1n) is 10.6. The Kier molecular flexibility index (Phi) is 5.07. The lowest BCUT2D eigenvalue weighted by atomic mass is 10.1. The molecule has 0 spiro atoms. The molecule has 0 atom stereocenters. The number of hydrogen-bond acceptors (Lipinski definition) is 4. The fourth-order valence-electron chi connectivity index (χ4n) is 3.95. The van der Waals surface area contributed by atoms with Crippen LogP contribution in [0.4, 0.5) is 28.4 Å². The zero-order valence-electron chi connectivity index (χ0n) is 18.1. The molecule has 32 heavy (non-hydrogen) atoms. The number of nitrogens with one attached hydrogen (secondary N) is 2. The summed E-state index contributed by atoms with van der Waals surface area (Å²) in [4.78, 5) is 19.2. The molecule has 1 aliphatic rings. The molecule has 1 aromatic heterocycles. The summed E-state index contributed by atoms with van der Waals surface area (Å²) < 4.78 is 0. The van der Waals surface area contributed by atoms with E-state index in [1.165, 1.54) is 5.56 Å². The van der Waals surface area contributed by atoms with Gasteiger partial charge in [0.25, 0.3) is 5.91 Å². The molecule has 4 aromatic rings. The number of fused-ring (bicyclic) bond motifs is 1. The van der Waals surface area contributed by atoms with Crippen molar-refractivity contribution in [2.45, 2.75) is 20.4 Å². The number of hydrogen-bond donors (Lipinski definition) is 2. The largest absolute Gasteiger partial charge is 0.355 e. The second kappa shape index (κ2) is 8.19. The molecule has 0 saturated carbocycles. The van der Waals surface area contributed by atoms with Crippen LogP contribution in [0, 0.1) is 13.8 Å². The van der Waals surface area contributed by atoms with Crippen LogP contribution in [0.2, 0.25) is 0 Å². The van der Waals surface area contributed by atoms with Gasteiger partial charge in [0.1, 0.15) is 0 Å². The molecule has 0 fully saturated rings. The number of aromatic nitrogens is 1. The van der Waals surface area contributed by atoms with E-state index in [1.807, 2.05) is 60.4 Å². The highest BCUT2D eigenvalue weighted by Gasteiger charge is 2.28. The number of nitrogens with zero attached hydrogens (tertiary/aromatic N) is 2. The van der Waals surface area contributed by atoms with Gasteiger partial charge in [0.05, 0.1) is 6.54 Å². The van der Waals surface area contributed by atoms with E-state index in [2.05, 4.69) is 52.9 Å². The Hall–Kier alpha value is -4.12. The average molecular weight is 421 g/mol. The van der Waals surface area contributed by atoms with Crippen molar-refractivity contribution in [3.8, 4) is 0 Å². The monoisotopic (exact) mass is 420 g/mol. The molecule has 2 N–H and O–H groups in total. The highest BCUT2D eigenvalue weighted by molar-refractivity contribution is 6.10. The Labute approximate surface area is 187 Å². The fourth-order valence-corrected chi connectivity index (χ4v) is 3.95. The summed E-state index contributed by atoms with van der Waals surface area (Å²) in [5.74, 6) is 0.0267. The number of benzene rings is 3. The van der Waals surface area contributed by atoms with E-state index in [-0.39, 0.29) is 5.91 Å². The minimum Gasteiger partial charge on any atom is -0.355 e. The topological polar surface area (TPSA) is 57.3 Å². The average Bonchev–Trinajstić information content (AvgIpc) is 3.11. The van der Waals surface area contributed by atoms with Crippen LogP contribution in [0.5, 0.6) is 0 Å². The van der Waals surface area contributed by atoms with Gasteiger partial charge in [-0.2, -0.15) is 0 Å². The number of carbonyl (C=O) groups is 1. The van der Waals surface area contributed by atoms with E-state index in [0.29, 0.717) is 6.54 Å². The summed E-state index contributed by atoms with van der Waals surface area (Å²) in [5, 5.41) is 6.82. The van der Waals surface area contributed by atoms with Crippen molar-refractivity contribution in [1.29, 1.82) is 0 Å². The smallest absolute Gasteiger partial charge is 0.258 e. The Morgan fingerprint density at radius 1 is 0.781 bits per heavy atom. The summed E-state index contributed by atoms with van der Waals surface area (Å²) in [5.41, 5.74) is 8.72. The standard InChI is InChI=1S/C27H24N4O/c1-18-6-8-21(9-7-18)29-22-4-3-5-25(16-22)31-17-20-15-23(10-11-26(20)27(31)32)30-24-12-13-28-19(2)14-24/h3-16,29H,17H2,1-2H3,(H,28,30). The second-order valence-corrected chi connectivity index (χ2v) is 8.12. The maximum Gasteiger partial charge on any atom is 0.258 e. The lowest BCUT2D eigenvalue weighted by Gasteiger charge is -2.17. The van der Waals surface area contributed by atoms with Gasteiger partial charge >= 0.3 is 0 Å². The lowest BCUT2D eigenvalue weighted by Crippen LogP contribution is -2.22. The molecule has 158 valence electrons. The van der Waals surface area contributed by atoms with E-state index < -0.39 is 0 Å². The van der Waals surface area contributed by atoms with Gasteiger partial charge in [-0.15, -0.1) is 0 Å². The zero-order valence-corrected chi connectivity index (χ0v) is 18.1. The lowest BCUT2D eigenvalue weighted by molar-refractivity contribution is 0.0996. The quantitative estimate of drug-likeness (QED) is 0.395. The predicted octanol–water partition coefficient (Wildman–Crippen LogP) is 6.35. The Bertz CT molecular complexity index is 1300. The van der Waals surface area contributed by atoms with Gasteiger partial charge in [-0.1, -0.05) is 23.8 Å². The third-order valence-electron chi connectivity index (χ3n) is 5.59.